The lowest BCUT2D eigenvalue weighted by atomic mass is 10.2. The molecule has 0 spiro atoms. The molecule has 0 aromatic rings. The van der Waals surface area contributed by atoms with Crippen LogP contribution in [-0.4, -0.2) is 5.66 Å². The van der Waals surface area contributed by atoms with Crippen LogP contribution < -0.4 is 17.2 Å². The van der Waals surface area contributed by atoms with Gasteiger partial charge < -0.3 is 17.2 Å². The summed E-state index contributed by atoms with van der Waals surface area (Å²) >= 11 is 0. The molecule has 0 atom stereocenters. The van der Waals surface area contributed by atoms with Crippen LogP contribution in [0.5, 0.6) is 0 Å². The van der Waals surface area contributed by atoms with Crippen LogP contribution in [-0.2, 0) is 0 Å². The van der Waals surface area contributed by atoms with Gasteiger partial charge in [0.1, 0.15) is 5.66 Å². The van der Waals surface area contributed by atoms with Crippen molar-refractivity contribution in [3.05, 3.63) is 12.3 Å². The van der Waals surface area contributed by atoms with E-state index in [2.05, 4.69) is 6.58 Å². The van der Waals surface area contributed by atoms with Crippen LogP contribution in [0.15, 0.2) is 12.3 Å². The van der Waals surface area contributed by atoms with Gasteiger partial charge in [-0.15, -0.1) is 0 Å². The van der Waals surface area contributed by atoms with E-state index in [1.807, 2.05) is 0 Å². The zero-order valence-corrected chi connectivity index (χ0v) is 4.44. The van der Waals surface area contributed by atoms with Crippen LogP contribution >= 0.6 is 0 Å². The number of nitrogens with two attached hydrogens (primary N) is 3. The molecule has 0 saturated heterocycles. The molecule has 0 saturated carbocycles. The summed E-state index contributed by atoms with van der Waals surface area (Å²) in [7, 11) is 0. The summed E-state index contributed by atoms with van der Waals surface area (Å²) in [5.41, 5.74) is 15.0. The topological polar surface area (TPSA) is 78.1 Å². The molecule has 42 valence electrons. The lowest BCUT2D eigenvalue weighted by Crippen LogP contribution is -2.50. The Bertz CT molecular complexity index is 79.4. The minimum absolute atomic E-state index is 0.299. The quantitative estimate of drug-likeness (QED) is 0.374. The van der Waals surface area contributed by atoms with Crippen molar-refractivity contribution >= 4 is 0 Å². The first kappa shape index (κ1) is 6.46. The van der Waals surface area contributed by atoms with Gasteiger partial charge in [-0.1, -0.05) is 6.58 Å². The van der Waals surface area contributed by atoms with Gasteiger partial charge in [0, 0.05) is 5.70 Å². The predicted octanol–water partition coefficient (Wildman–Crippen LogP) is -0.908. The highest BCUT2D eigenvalue weighted by Crippen LogP contribution is 1.92. The SMILES string of the molecule is C=C(N)C(C)(N)N. The Balaban J connectivity index is 3.79. The first-order valence-corrected chi connectivity index (χ1v) is 1.97. The maximum absolute atomic E-state index is 5.23. The standard InChI is InChI=1S/C4H11N3/c1-3(5)4(2,6)7/h1,5-7H2,2H3. The summed E-state index contributed by atoms with van der Waals surface area (Å²) in [4.78, 5) is 0. The van der Waals surface area contributed by atoms with Crippen molar-refractivity contribution in [2.45, 2.75) is 12.6 Å². The maximum Gasteiger partial charge on any atom is 0.101 e. The first-order valence-electron chi connectivity index (χ1n) is 1.97. The Labute approximate surface area is 43.2 Å². The van der Waals surface area contributed by atoms with Crippen molar-refractivity contribution in [1.29, 1.82) is 0 Å². The summed E-state index contributed by atoms with van der Waals surface area (Å²) in [6.07, 6.45) is 0. The lowest BCUT2D eigenvalue weighted by molar-refractivity contribution is 0.573. The van der Waals surface area contributed by atoms with Crippen LogP contribution in [0.25, 0.3) is 0 Å². The molecule has 3 nitrogen and oxygen atoms in total. The highest BCUT2D eigenvalue weighted by atomic mass is 15.0. The molecule has 0 aliphatic rings. The molecule has 6 N–H and O–H groups in total. The van der Waals surface area contributed by atoms with Crippen molar-refractivity contribution in [2.75, 3.05) is 0 Å². The molecule has 0 heterocycles. The molecule has 0 radical (unpaired) electrons. The average Bonchev–Trinajstić information content (AvgIpc) is 1.31. The van der Waals surface area contributed by atoms with E-state index in [1.54, 1.807) is 6.92 Å². The van der Waals surface area contributed by atoms with E-state index < -0.39 is 5.66 Å². The summed E-state index contributed by atoms with van der Waals surface area (Å²) in [5, 5.41) is 0. The van der Waals surface area contributed by atoms with Crippen molar-refractivity contribution in [2.24, 2.45) is 17.2 Å². The monoisotopic (exact) mass is 101 g/mol. The molecule has 0 rings (SSSR count). The first-order chi connectivity index (χ1) is 2.94. The second kappa shape index (κ2) is 1.52. The van der Waals surface area contributed by atoms with Crippen molar-refractivity contribution in [3.63, 3.8) is 0 Å². The highest BCUT2D eigenvalue weighted by molar-refractivity contribution is 5.04. The zero-order chi connectivity index (χ0) is 6.08. The Morgan fingerprint density at radius 2 is 1.71 bits per heavy atom. The van der Waals surface area contributed by atoms with E-state index in [1.165, 1.54) is 0 Å². The number of hydrogen-bond acceptors (Lipinski definition) is 3. The van der Waals surface area contributed by atoms with Crippen molar-refractivity contribution in [1.82, 2.24) is 0 Å². The summed E-state index contributed by atoms with van der Waals surface area (Å²) in [5.74, 6) is 0. The minimum atomic E-state index is -0.917. The van der Waals surface area contributed by atoms with Crippen molar-refractivity contribution in [3.8, 4) is 0 Å². The lowest BCUT2D eigenvalue weighted by Gasteiger charge is -2.16. The minimum Gasteiger partial charge on any atom is -0.400 e. The van der Waals surface area contributed by atoms with E-state index in [-0.39, 0.29) is 0 Å². The van der Waals surface area contributed by atoms with Crippen LogP contribution in [0.1, 0.15) is 6.92 Å². The van der Waals surface area contributed by atoms with Gasteiger partial charge in [-0.3, -0.25) is 0 Å². The predicted molar refractivity (Wildman–Crippen MR) is 30.1 cm³/mol. The van der Waals surface area contributed by atoms with E-state index in [9.17, 15) is 0 Å². The van der Waals surface area contributed by atoms with E-state index in [0.29, 0.717) is 5.70 Å². The molecule has 7 heavy (non-hydrogen) atoms. The van der Waals surface area contributed by atoms with Gasteiger partial charge in [0.2, 0.25) is 0 Å². The Hall–Kier alpha value is -0.540. The van der Waals surface area contributed by atoms with Gasteiger partial charge in [0.05, 0.1) is 0 Å². The molecule has 0 amide bonds. The van der Waals surface area contributed by atoms with Crippen molar-refractivity contribution < 1.29 is 0 Å². The van der Waals surface area contributed by atoms with Gasteiger partial charge in [0.25, 0.3) is 0 Å². The maximum atomic E-state index is 5.23. The van der Waals surface area contributed by atoms with Gasteiger partial charge in [-0.2, -0.15) is 0 Å². The molecule has 0 fully saturated rings. The normalized spacial score (nSPS) is 11.3. The molecule has 0 aromatic heterocycles. The van der Waals surface area contributed by atoms with Crippen LogP contribution in [0.4, 0.5) is 0 Å². The Kier molecular flexibility index (Phi) is 1.40. The molecular weight excluding hydrogens is 90.1 g/mol. The van der Waals surface area contributed by atoms with Gasteiger partial charge in [-0.05, 0) is 6.92 Å². The molecule has 0 unspecified atom stereocenters. The fourth-order valence-corrected chi connectivity index (χ4v) is 0. The fraction of sp³-hybridized carbons (Fsp3) is 0.500. The molecule has 0 aliphatic carbocycles. The molecule has 0 aliphatic heterocycles. The molecular formula is C4H11N3. The zero-order valence-electron chi connectivity index (χ0n) is 4.44. The van der Waals surface area contributed by atoms with Gasteiger partial charge in [0.15, 0.2) is 0 Å². The molecule has 0 aromatic carbocycles. The Morgan fingerprint density at radius 3 is 1.71 bits per heavy atom. The Morgan fingerprint density at radius 1 is 1.57 bits per heavy atom. The summed E-state index contributed by atoms with van der Waals surface area (Å²) in [6, 6.07) is 0. The smallest absolute Gasteiger partial charge is 0.101 e. The molecule has 0 bridgehead atoms. The fourth-order valence-electron chi connectivity index (χ4n) is 0. The highest BCUT2D eigenvalue weighted by Gasteiger charge is 2.10. The second-order valence-electron chi connectivity index (χ2n) is 1.81. The largest absolute Gasteiger partial charge is 0.400 e. The third-order valence-corrected chi connectivity index (χ3v) is 0.692. The third kappa shape index (κ3) is 2.19. The third-order valence-electron chi connectivity index (χ3n) is 0.692. The number of rotatable bonds is 1. The van der Waals surface area contributed by atoms with Gasteiger partial charge >= 0.3 is 0 Å². The van der Waals surface area contributed by atoms with E-state index >= 15 is 0 Å². The van der Waals surface area contributed by atoms with E-state index in [0.717, 1.165) is 0 Å². The van der Waals surface area contributed by atoms with Gasteiger partial charge in [-0.25, -0.2) is 0 Å². The van der Waals surface area contributed by atoms with Crippen LogP contribution in [0.2, 0.25) is 0 Å². The van der Waals surface area contributed by atoms with Crippen LogP contribution in [0.3, 0.4) is 0 Å². The molecule has 3 heteroatoms. The average molecular weight is 101 g/mol. The number of hydrogen-bond donors (Lipinski definition) is 3. The second-order valence-corrected chi connectivity index (χ2v) is 1.81. The van der Waals surface area contributed by atoms with Crippen LogP contribution in [0, 0.1) is 0 Å². The summed E-state index contributed by atoms with van der Waals surface area (Å²) < 4.78 is 0. The summed E-state index contributed by atoms with van der Waals surface area (Å²) in [6.45, 7) is 4.95. The van der Waals surface area contributed by atoms with E-state index in [4.69, 9.17) is 17.2 Å².